The van der Waals surface area contributed by atoms with Gasteiger partial charge in [0.2, 0.25) is 5.91 Å². The van der Waals surface area contributed by atoms with Gasteiger partial charge in [0.25, 0.3) is 5.91 Å². The van der Waals surface area contributed by atoms with Crippen LogP contribution in [-0.4, -0.2) is 63.5 Å². The van der Waals surface area contributed by atoms with Crippen molar-refractivity contribution >= 4 is 17.8 Å². The van der Waals surface area contributed by atoms with Gasteiger partial charge in [-0.05, 0) is 30.5 Å². The van der Waals surface area contributed by atoms with E-state index in [9.17, 15) is 28.3 Å². The van der Waals surface area contributed by atoms with E-state index < -0.39 is 41.3 Å². The zero-order valence-electron chi connectivity index (χ0n) is 18.8. The van der Waals surface area contributed by atoms with E-state index in [4.69, 9.17) is 0 Å². The number of piperidine rings is 1. The van der Waals surface area contributed by atoms with E-state index in [-0.39, 0.29) is 43.8 Å². The van der Waals surface area contributed by atoms with Crippen molar-refractivity contribution in [1.82, 2.24) is 15.1 Å². The number of nitrogens with one attached hydrogen (secondary N) is 1. The zero-order valence-corrected chi connectivity index (χ0v) is 18.8. The normalized spacial score (nSPS) is 20.6. The number of aliphatic carboxylic acids is 1. The van der Waals surface area contributed by atoms with E-state index in [1.54, 1.807) is 6.92 Å². The number of carboxylic acids is 1. The number of hydrogen-bond donors (Lipinski definition) is 2. The average Bonchev–Trinajstić information content (AvgIpc) is 3.07. The Morgan fingerprint density at radius 3 is 2.41 bits per heavy atom. The quantitative estimate of drug-likeness (QED) is 0.676. The van der Waals surface area contributed by atoms with Crippen LogP contribution < -0.4 is 5.32 Å². The van der Waals surface area contributed by atoms with Crippen LogP contribution in [0.3, 0.4) is 0 Å². The van der Waals surface area contributed by atoms with Gasteiger partial charge in [0.1, 0.15) is 6.04 Å². The lowest BCUT2D eigenvalue weighted by Gasteiger charge is -2.46. The molecular formula is C25H27F2N3O4. The lowest BCUT2D eigenvalue weighted by Crippen LogP contribution is -2.63. The number of amides is 2. The number of carboxylic acid groups (broad SMARTS) is 1. The first-order valence-electron chi connectivity index (χ1n) is 11.4. The van der Waals surface area contributed by atoms with E-state index in [1.807, 2.05) is 30.3 Å². The zero-order chi connectivity index (χ0) is 24.5. The van der Waals surface area contributed by atoms with Crippen LogP contribution in [0.2, 0.25) is 0 Å². The second-order valence-corrected chi connectivity index (χ2v) is 8.78. The van der Waals surface area contributed by atoms with E-state index in [2.05, 4.69) is 5.32 Å². The molecule has 0 saturated carbocycles. The van der Waals surface area contributed by atoms with Gasteiger partial charge in [0, 0.05) is 25.9 Å². The summed E-state index contributed by atoms with van der Waals surface area (Å²) in [5.41, 5.74) is -0.336. The largest absolute Gasteiger partial charge is 0.480 e. The fourth-order valence-corrected chi connectivity index (χ4v) is 5.05. The molecule has 2 N–H and O–H groups in total. The summed E-state index contributed by atoms with van der Waals surface area (Å²) in [6.07, 6.45) is 1.19. The van der Waals surface area contributed by atoms with Gasteiger partial charge in [-0.2, -0.15) is 0 Å². The highest BCUT2D eigenvalue weighted by atomic mass is 19.2. The maximum atomic E-state index is 14.2. The first-order valence-corrected chi connectivity index (χ1v) is 11.4. The molecule has 2 atom stereocenters. The standard InChI is InChI=1S/C25H27F2N3O4/c1-2-20(24(33)34)30-23(32)19(15-16-7-4-3-5-8-16)28-25(30)11-13-29(14-12-25)22(31)17-9-6-10-18(26)21(17)27/h3-10,19-20,28H,2,11-15H2,1H3,(H,33,34). The van der Waals surface area contributed by atoms with Crippen LogP contribution in [-0.2, 0) is 16.0 Å². The van der Waals surface area contributed by atoms with Gasteiger partial charge in [0.15, 0.2) is 11.6 Å². The Labute approximate surface area is 196 Å². The fourth-order valence-electron chi connectivity index (χ4n) is 5.05. The van der Waals surface area contributed by atoms with E-state index >= 15 is 0 Å². The molecule has 2 saturated heterocycles. The molecule has 2 aromatic carbocycles. The number of carbonyl (C=O) groups excluding carboxylic acids is 2. The summed E-state index contributed by atoms with van der Waals surface area (Å²) in [6.45, 7) is 2.05. The van der Waals surface area contributed by atoms with Crippen LogP contribution in [0.1, 0.15) is 42.1 Å². The number of benzene rings is 2. The molecule has 0 aromatic heterocycles. The van der Waals surface area contributed by atoms with Crippen molar-refractivity contribution < 1.29 is 28.3 Å². The predicted octanol–water partition coefficient (Wildman–Crippen LogP) is 2.80. The van der Waals surface area contributed by atoms with Crippen LogP contribution in [0.4, 0.5) is 8.78 Å². The Kier molecular flexibility index (Phi) is 6.65. The van der Waals surface area contributed by atoms with Gasteiger partial charge < -0.3 is 14.9 Å². The van der Waals surface area contributed by atoms with Gasteiger partial charge in [-0.3, -0.25) is 14.9 Å². The molecule has 0 radical (unpaired) electrons. The smallest absolute Gasteiger partial charge is 0.326 e. The van der Waals surface area contributed by atoms with Crippen molar-refractivity contribution in [3.8, 4) is 0 Å². The van der Waals surface area contributed by atoms with Crippen molar-refractivity contribution in [2.45, 2.75) is 50.4 Å². The molecule has 2 aliphatic rings. The minimum absolute atomic E-state index is 0.166. The molecule has 180 valence electrons. The molecule has 2 aliphatic heterocycles. The SMILES string of the molecule is CCC(C(=O)O)N1C(=O)C(Cc2ccccc2)NC12CCN(C(=O)c1cccc(F)c1F)CC2. The highest BCUT2D eigenvalue weighted by Gasteiger charge is 2.55. The number of hydrogen-bond acceptors (Lipinski definition) is 4. The van der Waals surface area contributed by atoms with Gasteiger partial charge >= 0.3 is 5.97 Å². The molecule has 0 bridgehead atoms. The third-order valence-electron chi connectivity index (χ3n) is 6.77. The molecule has 2 aromatic rings. The van der Waals surface area contributed by atoms with Gasteiger partial charge in [-0.15, -0.1) is 0 Å². The number of halogens is 2. The summed E-state index contributed by atoms with van der Waals surface area (Å²) in [4.78, 5) is 41.2. The van der Waals surface area contributed by atoms with E-state index in [0.29, 0.717) is 6.42 Å². The molecule has 9 heteroatoms. The number of nitrogens with zero attached hydrogens (tertiary/aromatic N) is 2. The van der Waals surface area contributed by atoms with Crippen LogP contribution in [0, 0.1) is 11.6 Å². The Morgan fingerprint density at radius 1 is 1.12 bits per heavy atom. The van der Waals surface area contributed by atoms with Gasteiger partial charge in [-0.1, -0.05) is 43.3 Å². The van der Waals surface area contributed by atoms with Crippen LogP contribution in [0.5, 0.6) is 0 Å². The number of carbonyl (C=O) groups is 3. The average molecular weight is 472 g/mol. The highest BCUT2D eigenvalue weighted by Crippen LogP contribution is 2.36. The molecule has 1 spiro atoms. The fraction of sp³-hybridized carbons (Fsp3) is 0.400. The lowest BCUT2D eigenvalue weighted by molar-refractivity contribution is -0.154. The van der Waals surface area contributed by atoms with Crippen molar-refractivity contribution in [3.63, 3.8) is 0 Å². The number of rotatable bonds is 6. The van der Waals surface area contributed by atoms with Gasteiger partial charge in [-0.25, -0.2) is 13.6 Å². The molecule has 2 heterocycles. The maximum Gasteiger partial charge on any atom is 0.326 e. The molecule has 2 fully saturated rings. The van der Waals surface area contributed by atoms with Crippen molar-refractivity contribution in [2.24, 2.45) is 0 Å². The Balaban J connectivity index is 1.57. The van der Waals surface area contributed by atoms with Crippen LogP contribution >= 0.6 is 0 Å². The summed E-state index contributed by atoms with van der Waals surface area (Å²) in [5.74, 6) is -4.28. The summed E-state index contributed by atoms with van der Waals surface area (Å²) >= 11 is 0. The van der Waals surface area contributed by atoms with Crippen molar-refractivity contribution in [3.05, 3.63) is 71.3 Å². The van der Waals surface area contributed by atoms with Crippen molar-refractivity contribution in [1.29, 1.82) is 0 Å². The summed E-state index contributed by atoms with van der Waals surface area (Å²) < 4.78 is 27.8. The molecule has 2 unspecified atom stereocenters. The molecule has 0 aliphatic carbocycles. The van der Waals surface area contributed by atoms with Crippen LogP contribution in [0.25, 0.3) is 0 Å². The Morgan fingerprint density at radius 2 is 1.79 bits per heavy atom. The number of likely N-dealkylation sites (tertiary alicyclic amines) is 1. The lowest BCUT2D eigenvalue weighted by atomic mass is 9.93. The highest BCUT2D eigenvalue weighted by molar-refractivity contribution is 5.95. The molecule has 4 rings (SSSR count). The second kappa shape index (κ2) is 9.50. The maximum absolute atomic E-state index is 14.2. The van der Waals surface area contributed by atoms with Crippen molar-refractivity contribution in [2.75, 3.05) is 13.1 Å². The van der Waals surface area contributed by atoms with E-state index in [0.717, 1.165) is 11.6 Å². The summed E-state index contributed by atoms with van der Waals surface area (Å²) in [7, 11) is 0. The predicted molar refractivity (Wildman–Crippen MR) is 120 cm³/mol. The molecule has 2 amide bonds. The summed E-state index contributed by atoms with van der Waals surface area (Å²) in [6, 6.07) is 11.3. The Hall–Kier alpha value is -3.33. The molecule has 34 heavy (non-hydrogen) atoms. The first-order chi connectivity index (χ1) is 16.3. The topological polar surface area (TPSA) is 89.9 Å². The Bertz CT molecular complexity index is 1090. The monoisotopic (exact) mass is 471 g/mol. The third kappa shape index (κ3) is 4.27. The molecular weight excluding hydrogens is 444 g/mol. The molecule has 7 nitrogen and oxygen atoms in total. The van der Waals surface area contributed by atoms with Gasteiger partial charge in [0.05, 0.1) is 17.3 Å². The third-order valence-corrected chi connectivity index (χ3v) is 6.77. The minimum Gasteiger partial charge on any atom is -0.480 e. The van der Waals surface area contributed by atoms with Crippen LogP contribution in [0.15, 0.2) is 48.5 Å². The first kappa shape index (κ1) is 23.8. The minimum atomic E-state index is -1.19. The van der Waals surface area contributed by atoms with E-state index in [1.165, 1.54) is 21.9 Å². The summed E-state index contributed by atoms with van der Waals surface area (Å²) in [5, 5.41) is 13.2. The second-order valence-electron chi connectivity index (χ2n) is 8.78.